The fraction of sp³-hybridized carbons (Fsp3) is 0.312. The van der Waals surface area contributed by atoms with Gasteiger partial charge in [-0.3, -0.25) is 4.98 Å². The third-order valence-electron chi connectivity index (χ3n) is 3.26. The van der Waals surface area contributed by atoms with Crippen molar-refractivity contribution in [2.45, 2.75) is 26.4 Å². The maximum absolute atomic E-state index is 5.97. The quantitative estimate of drug-likeness (QED) is 0.819. The summed E-state index contributed by atoms with van der Waals surface area (Å²) in [7, 11) is 0. The van der Waals surface area contributed by atoms with Gasteiger partial charge in [0.25, 0.3) is 0 Å². The van der Waals surface area contributed by atoms with Gasteiger partial charge in [0.05, 0.1) is 0 Å². The monoisotopic (exact) mass is 352 g/mol. The largest absolute Gasteiger partial charge is 0.306 e. The summed E-state index contributed by atoms with van der Waals surface area (Å²) in [6.45, 7) is 5.23. The van der Waals surface area contributed by atoms with Gasteiger partial charge in [0.1, 0.15) is 0 Å². The maximum atomic E-state index is 5.97. The lowest BCUT2D eigenvalue weighted by Crippen LogP contribution is -2.25. The molecule has 0 aliphatic carbocycles. The van der Waals surface area contributed by atoms with E-state index in [9.17, 15) is 0 Å². The number of pyridine rings is 1. The first-order chi connectivity index (χ1) is 9.58. The molecule has 0 spiro atoms. The second kappa shape index (κ2) is 7.21. The average molecular weight is 354 g/mol. The van der Waals surface area contributed by atoms with Crippen LogP contribution in [-0.2, 0) is 6.54 Å². The average Bonchev–Trinajstić information content (AvgIpc) is 2.42. The Balaban J connectivity index is 2.10. The summed E-state index contributed by atoms with van der Waals surface area (Å²) in [4.78, 5) is 4.08. The minimum absolute atomic E-state index is 0.306. The molecule has 0 aliphatic heterocycles. The van der Waals surface area contributed by atoms with Crippen LogP contribution in [-0.4, -0.2) is 4.98 Å². The third kappa shape index (κ3) is 4.05. The molecule has 0 bridgehead atoms. The predicted molar refractivity (Wildman–Crippen MR) is 87.8 cm³/mol. The molecule has 1 heterocycles. The van der Waals surface area contributed by atoms with Crippen molar-refractivity contribution in [3.05, 3.63) is 63.3 Å². The molecule has 1 N–H and O–H groups in total. The summed E-state index contributed by atoms with van der Waals surface area (Å²) in [6, 6.07) is 10.3. The third-order valence-corrected chi connectivity index (χ3v) is 4.23. The second-order valence-electron chi connectivity index (χ2n) is 5.12. The lowest BCUT2D eigenvalue weighted by atomic mass is 9.96. The van der Waals surface area contributed by atoms with E-state index in [0.29, 0.717) is 12.0 Å². The second-order valence-corrected chi connectivity index (χ2v) is 6.41. The fourth-order valence-corrected chi connectivity index (χ4v) is 3.02. The molecule has 0 amide bonds. The summed E-state index contributed by atoms with van der Waals surface area (Å²) in [5, 5.41) is 4.36. The van der Waals surface area contributed by atoms with Crippen LogP contribution in [0.4, 0.5) is 0 Å². The zero-order valence-electron chi connectivity index (χ0n) is 11.6. The standard InChI is InChI=1S/C16H18BrClN2/c1-11(2)16(12-5-7-19-8-6-12)20-10-13-3-4-14(18)9-15(13)17/h3-9,11,16,20H,10H2,1-2H3. The van der Waals surface area contributed by atoms with Gasteiger partial charge >= 0.3 is 0 Å². The summed E-state index contributed by atoms with van der Waals surface area (Å²) < 4.78 is 1.04. The van der Waals surface area contributed by atoms with Crippen LogP contribution < -0.4 is 5.32 Å². The molecule has 0 fully saturated rings. The van der Waals surface area contributed by atoms with E-state index in [-0.39, 0.29) is 0 Å². The van der Waals surface area contributed by atoms with Crippen LogP contribution in [0, 0.1) is 5.92 Å². The van der Waals surface area contributed by atoms with Crippen LogP contribution >= 0.6 is 27.5 Å². The van der Waals surface area contributed by atoms with Crippen molar-refractivity contribution < 1.29 is 0 Å². The Morgan fingerprint density at radius 2 is 1.90 bits per heavy atom. The number of hydrogen-bond donors (Lipinski definition) is 1. The lowest BCUT2D eigenvalue weighted by molar-refractivity contribution is 0.410. The van der Waals surface area contributed by atoms with Gasteiger partial charge in [0.2, 0.25) is 0 Å². The lowest BCUT2D eigenvalue weighted by Gasteiger charge is -2.23. The molecule has 1 aromatic heterocycles. The van der Waals surface area contributed by atoms with Crippen molar-refractivity contribution in [1.82, 2.24) is 10.3 Å². The molecule has 0 radical (unpaired) electrons. The molecule has 4 heteroatoms. The van der Waals surface area contributed by atoms with Crippen LogP contribution in [0.1, 0.15) is 31.0 Å². The predicted octanol–water partition coefficient (Wildman–Crippen LogP) is 4.98. The summed E-state index contributed by atoms with van der Waals surface area (Å²) in [5.74, 6) is 0.503. The number of hydrogen-bond acceptors (Lipinski definition) is 2. The van der Waals surface area contributed by atoms with Crippen LogP contribution in [0.3, 0.4) is 0 Å². The van der Waals surface area contributed by atoms with Gasteiger partial charge < -0.3 is 5.32 Å². The van der Waals surface area contributed by atoms with E-state index in [1.54, 1.807) is 0 Å². The number of halogens is 2. The Bertz CT molecular complexity index is 558. The van der Waals surface area contributed by atoms with Gasteiger partial charge in [-0.1, -0.05) is 47.4 Å². The number of benzene rings is 1. The van der Waals surface area contributed by atoms with E-state index < -0.39 is 0 Å². The van der Waals surface area contributed by atoms with Gasteiger partial charge in [-0.15, -0.1) is 0 Å². The molecule has 2 aromatic rings. The first kappa shape index (κ1) is 15.5. The summed E-state index contributed by atoms with van der Waals surface area (Å²) in [5.41, 5.74) is 2.47. The van der Waals surface area contributed by atoms with E-state index in [2.05, 4.69) is 52.2 Å². The number of nitrogens with one attached hydrogen (secondary N) is 1. The topological polar surface area (TPSA) is 24.9 Å². The molecule has 2 nitrogen and oxygen atoms in total. The maximum Gasteiger partial charge on any atom is 0.0417 e. The molecule has 0 saturated heterocycles. The zero-order chi connectivity index (χ0) is 14.5. The van der Waals surface area contributed by atoms with E-state index in [1.165, 1.54) is 11.1 Å². The molecule has 0 saturated carbocycles. The fourth-order valence-electron chi connectivity index (χ4n) is 2.19. The highest BCUT2D eigenvalue weighted by Gasteiger charge is 2.15. The molecule has 20 heavy (non-hydrogen) atoms. The zero-order valence-corrected chi connectivity index (χ0v) is 13.9. The SMILES string of the molecule is CC(C)C(NCc1ccc(Cl)cc1Br)c1ccncc1. The van der Waals surface area contributed by atoms with Crippen molar-refractivity contribution in [3.8, 4) is 0 Å². The van der Waals surface area contributed by atoms with Crippen LogP contribution in [0.25, 0.3) is 0 Å². The highest BCUT2D eigenvalue weighted by molar-refractivity contribution is 9.10. The van der Waals surface area contributed by atoms with E-state index in [1.807, 2.05) is 30.6 Å². The molecule has 1 unspecified atom stereocenters. The number of aromatic nitrogens is 1. The first-order valence-corrected chi connectivity index (χ1v) is 7.82. The van der Waals surface area contributed by atoms with Crippen LogP contribution in [0.2, 0.25) is 5.02 Å². The van der Waals surface area contributed by atoms with Gasteiger partial charge in [-0.2, -0.15) is 0 Å². The van der Waals surface area contributed by atoms with Crippen molar-refractivity contribution in [2.75, 3.05) is 0 Å². The summed E-state index contributed by atoms with van der Waals surface area (Å²) in [6.07, 6.45) is 3.68. The van der Waals surface area contributed by atoms with Crippen molar-refractivity contribution >= 4 is 27.5 Å². The van der Waals surface area contributed by atoms with E-state index in [0.717, 1.165) is 16.0 Å². The Morgan fingerprint density at radius 3 is 2.50 bits per heavy atom. The Morgan fingerprint density at radius 1 is 1.20 bits per heavy atom. The Labute approximate surface area is 133 Å². The Hall–Kier alpha value is -0.900. The summed E-state index contributed by atoms with van der Waals surface area (Å²) >= 11 is 9.52. The van der Waals surface area contributed by atoms with Crippen molar-refractivity contribution in [1.29, 1.82) is 0 Å². The van der Waals surface area contributed by atoms with Gasteiger partial charge in [-0.05, 0) is 41.3 Å². The number of nitrogens with zero attached hydrogens (tertiary/aromatic N) is 1. The van der Waals surface area contributed by atoms with Gasteiger partial charge in [0.15, 0.2) is 0 Å². The molecule has 1 aromatic carbocycles. The molecule has 2 rings (SSSR count). The Kier molecular flexibility index (Phi) is 5.58. The minimum Gasteiger partial charge on any atom is -0.306 e. The molecule has 0 aliphatic rings. The van der Waals surface area contributed by atoms with Gasteiger partial charge in [-0.25, -0.2) is 0 Å². The van der Waals surface area contributed by atoms with Crippen LogP contribution in [0.5, 0.6) is 0 Å². The highest BCUT2D eigenvalue weighted by Crippen LogP contribution is 2.25. The number of rotatable bonds is 5. The van der Waals surface area contributed by atoms with Gasteiger partial charge in [0, 0.05) is 34.5 Å². The van der Waals surface area contributed by atoms with Crippen molar-refractivity contribution in [3.63, 3.8) is 0 Å². The normalized spacial score (nSPS) is 12.7. The molecule has 106 valence electrons. The first-order valence-electron chi connectivity index (χ1n) is 6.65. The smallest absolute Gasteiger partial charge is 0.0417 e. The molecular weight excluding hydrogens is 336 g/mol. The van der Waals surface area contributed by atoms with Crippen molar-refractivity contribution in [2.24, 2.45) is 5.92 Å². The van der Waals surface area contributed by atoms with E-state index in [4.69, 9.17) is 11.6 Å². The molecule has 1 atom stereocenters. The minimum atomic E-state index is 0.306. The molecular formula is C16H18BrClN2. The van der Waals surface area contributed by atoms with E-state index >= 15 is 0 Å². The van der Waals surface area contributed by atoms with Crippen LogP contribution in [0.15, 0.2) is 47.2 Å². The highest BCUT2D eigenvalue weighted by atomic mass is 79.9.